The normalized spacial score (nSPS) is 18.2. The quantitative estimate of drug-likeness (QED) is 0.0263. The van der Waals surface area contributed by atoms with Gasteiger partial charge < -0.3 is 34.5 Å². The number of nitrogens with zero attached hydrogens (tertiary/aromatic N) is 2. The summed E-state index contributed by atoms with van der Waals surface area (Å²) in [6.07, 6.45) is 8.59. The van der Waals surface area contributed by atoms with E-state index >= 15 is 0 Å². The molecule has 16 nitrogen and oxygen atoms in total. The Balaban J connectivity index is 0.683. The Morgan fingerprint density at radius 3 is 2.18 bits per heavy atom. The van der Waals surface area contributed by atoms with Gasteiger partial charge in [0.15, 0.2) is 5.78 Å². The van der Waals surface area contributed by atoms with E-state index in [1.54, 1.807) is 36.4 Å². The van der Waals surface area contributed by atoms with E-state index in [9.17, 15) is 47.4 Å². The van der Waals surface area contributed by atoms with Crippen LogP contribution >= 0.6 is 0 Å². The zero-order valence-electron chi connectivity index (χ0n) is 37.9. The highest BCUT2D eigenvalue weighted by atomic mass is 19.1. The number of piperidine rings is 1. The van der Waals surface area contributed by atoms with Gasteiger partial charge in [-0.25, -0.2) is 8.78 Å². The molecule has 0 bridgehead atoms. The molecule has 0 saturated carbocycles. The number of halogens is 2. The van der Waals surface area contributed by atoms with Crippen molar-refractivity contribution in [1.29, 1.82) is 0 Å². The number of fused-ring (bicyclic) bond motifs is 2. The van der Waals surface area contributed by atoms with Crippen molar-refractivity contribution in [2.75, 3.05) is 51.1 Å². The number of unbranched alkanes of at least 4 members (excludes halogenated alkanes) is 6. The molecule has 0 spiro atoms. The van der Waals surface area contributed by atoms with Crippen LogP contribution in [0.4, 0.5) is 14.5 Å². The zero-order chi connectivity index (χ0) is 48.2. The van der Waals surface area contributed by atoms with Crippen LogP contribution < -0.4 is 15.5 Å². The summed E-state index contributed by atoms with van der Waals surface area (Å²) < 4.78 is 44.0. The summed E-state index contributed by atoms with van der Waals surface area (Å²) in [4.78, 5) is 94.8. The fourth-order valence-corrected chi connectivity index (χ4v) is 8.85. The van der Waals surface area contributed by atoms with E-state index in [4.69, 9.17) is 14.2 Å². The third-order valence-corrected chi connectivity index (χ3v) is 12.5. The van der Waals surface area contributed by atoms with Gasteiger partial charge >= 0.3 is 0 Å². The molecule has 0 radical (unpaired) electrons. The van der Waals surface area contributed by atoms with Gasteiger partial charge in [-0.1, -0.05) is 44.2 Å². The summed E-state index contributed by atoms with van der Waals surface area (Å²) in [5, 5.41) is 16.3. The average molecular weight is 942 g/mol. The molecule has 4 aromatic rings. The molecule has 7 rings (SSSR count). The number of H-pyrrole nitrogens is 1. The number of ether oxygens (including phenoxy) is 3. The summed E-state index contributed by atoms with van der Waals surface area (Å²) in [6.45, 7) is 2.54. The van der Waals surface area contributed by atoms with Gasteiger partial charge in [0.2, 0.25) is 17.4 Å². The summed E-state index contributed by atoms with van der Waals surface area (Å²) >= 11 is 0. The molecule has 6 amide bonds. The second kappa shape index (κ2) is 23.2. The van der Waals surface area contributed by atoms with E-state index in [0.29, 0.717) is 92.0 Å². The van der Waals surface area contributed by atoms with Crippen LogP contribution in [-0.4, -0.2) is 114 Å². The lowest BCUT2D eigenvalue weighted by molar-refractivity contribution is -0.149. The number of hydrogen-bond donors (Lipinski definition) is 4. The van der Waals surface area contributed by atoms with Crippen LogP contribution in [0.1, 0.15) is 119 Å². The van der Waals surface area contributed by atoms with Gasteiger partial charge in [-0.05, 0) is 85.7 Å². The van der Waals surface area contributed by atoms with Gasteiger partial charge in [0.1, 0.15) is 17.7 Å². The first-order valence-corrected chi connectivity index (χ1v) is 23.3. The van der Waals surface area contributed by atoms with Crippen LogP contribution in [-0.2, 0) is 46.4 Å². The van der Waals surface area contributed by atoms with Crippen molar-refractivity contribution >= 4 is 57.8 Å². The van der Waals surface area contributed by atoms with E-state index in [1.807, 2.05) is 6.07 Å². The Bertz CT molecular complexity index is 2510. The molecule has 18 heteroatoms. The summed E-state index contributed by atoms with van der Waals surface area (Å²) in [5.74, 6) is -5.48. The molecule has 4 heterocycles. The molecule has 1 aromatic heterocycles. The predicted octanol–water partition coefficient (Wildman–Crippen LogP) is 5.62. The van der Waals surface area contributed by atoms with Gasteiger partial charge in [-0.3, -0.25) is 43.8 Å². The lowest BCUT2D eigenvalue weighted by Gasteiger charge is -2.27. The predicted molar refractivity (Wildman–Crippen MR) is 244 cm³/mol. The number of nitrogens with one attached hydrogen (secondary N) is 3. The molecular weight excluding hydrogens is 885 g/mol. The van der Waals surface area contributed by atoms with Crippen LogP contribution in [0.25, 0.3) is 10.9 Å². The highest BCUT2D eigenvalue weighted by Gasteiger charge is 2.52. The highest BCUT2D eigenvalue weighted by Crippen LogP contribution is 2.33. The first-order chi connectivity index (χ1) is 32.8. The molecule has 2 atom stereocenters. The topological polar surface area (TPSA) is 214 Å². The second-order valence-electron chi connectivity index (χ2n) is 17.4. The van der Waals surface area contributed by atoms with E-state index < -0.39 is 58.7 Å². The van der Waals surface area contributed by atoms with Crippen LogP contribution in [0.5, 0.6) is 0 Å². The summed E-state index contributed by atoms with van der Waals surface area (Å²) in [7, 11) is 0. The zero-order valence-corrected chi connectivity index (χ0v) is 37.9. The summed E-state index contributed by atoms with van der Waals surface area (Å²) in [6, 6.07) is 13.8. The minimum atomic E-state index is -2.35. The number of Topliss-reactive ketones (excluding diaryl/α,β-unsaturated/α-hetero) is 1. The van der Waals surface area contributed by atoms with E-state index in [-0.39, 0.29) is 50.1 Å². The van der Waals surface area contributed by atoms with Crippen molar-refractivity contribution in [3.63, 3.8) is 0 Å². The number of aryl methyl sites for hydroxylation is 1. The molecule has 2 saturated heterocycles. The average Bonchev–Trinajstić information content (AvgIpc) is 3.96. The lowest BCUT2D eigenvalue weighted by Crippen LogP contribution is -2.54. The molecule has 68 heavy (non-hydrogen) atoms. The highest BCUT2D eigenvalue weighted by molar-refractivity contribution is 6.24. The Morgan fingerprint density at radius 1 is 0.779 bits per heavy atom. The molecule has 2 fully saturated rings. The lowest BCUT2D eigenvalue weighted by atomic mass is 9.97. The molecular formula is C50H57F2N5O11. The smallest absolute Gasteiger partial charge is 0.268 e. The third kappa shape index (κ3) is 12.1. The maximum Gasteiger partial charge on any atom is 0.268 e. The Hall–Kier alpha value is -6.21. The van der Waals surface area contributed by atoms with E-state index in [2.05, 4.69) is 15.6 Å². The number of carbonyl (C=O) groups excluding carboxylic acids is 7. The van der Waals surface area contributed by atoms with Gasteiger partial charge in [0, 0.05) is 68.2 Å². The number of benzene rings is 3. The van der Waals surface area contributed by atoms with Gasteiger partial charge in [0.25, 0.3) is 23.6 Å². The fraction of sp³-hybridized carbons (Fsp3) is 0.460. The number of anilines is 1. The van der Waals surface area contributed by atoms with Crippen molar-refractivity contribution in [3.05, 3.63) is 100 Å². The number of ketones is 1. The monoisotopic (exact) mass is 941 g/mol. The number of aromatic nitrogens is 1. The Kier molecular flexibility index (Phi) is 17.0. The van der Waals surface area contributed by atoms with E-state index in [0.717, 1.165) is 67.5 Å². The first-order valence-electron chi connectivity index (χ1n) is 23.3. The molecule has 3 aliphatic heterocycles. The van der Waals surface area contributed by atoms with Crippen LogP contribution in [0.2, 0.25) is 0 Å². The minimum absolute atomic E-state index is 0.0570. The van der Waals surface area contributed by atoms with Gasteiger partial charge in [0.05, 0.1) is 43.2 Å². The molecule has 362 valence electrons. The number of rotatable bonds is 26. The molecule has 0 aliphatic carbocycles. The largest absolute Gasteiger partial charge is 0.379 e. The number of hydrogen-bond acceptors (Lipinski definition) is 11. The molecule has 3 aromatic carbocycles. The minimum Gasteiger partial charge on any atom is -0.379 e. The van der Waals surface area contributed by atoms with Crippen molar-refractivity contribution in [3.8, 4) is 0 Å². The van der Waals surface area contributed by atoms with Crippen LogP contribution in [0.3, 0.4) is 0 Å². The molecule has 3 aliphatic rings. The number of carbonyl (C=O) groups is 7. The Morgan fingerprint density at radius 2 is 1.46 bits per heavy atom. The maximum atomic E-state index is 13.5. The Labute approximate surface area is 392 Å². The van der Waals surface area contributed by atoms with Crippen molar-refractivity contribution < 1.29 is 61.7 Å². The van der Waals surface area contributed by atoms with Crippen LogP contribution in [0.15, 0.2) is 60.7 Å². The second-order valence-corrected chi connectivity index (χ2v) is 17.4. The van der Waals surface area contributed by atoms with Crippen molar-refractivity contribution in [2.24, 2.45) is 0 Å². The molecule has 2 unspecified atom stereocenters. The standard InChI is InChI=1S/C50H57F2N5O11/c51-35-26-32(27-36(52)30-35)31-53-48(63)50(65)18-19-56(49(50)64)37-14-15-39-34(28-37)29-40(54-39)42(58)13-9-21-67-23-25-68-24-22-66-20-7-5-3-1-2-4-6-10-33-11-8-12-38-44(33)47(62)57(46(38)61)41-16-17-43(59)55-45(41)60/h8,11-12,14-15,26-30,41,54,65H,1-7,9-10,13,16-25,31H2,(H,53,63)(H,55,59,60). The fourth-order valence-electron chi connectivity index (χ4n) is 8.85. The SMILES string of the molecule is O=C1CCC(N2C(=O)c3cccc(CCCCCCCCCOCCOCCOCCCC(=O)c4cc5cc(N6CCC(O)(C(=O)NCc7cc(F)cc(F)c7)C6=O)ccc5[nH]4)c3C2=O)C(=O)N1. The molecule has 4 N–H and O–H groups in total. The van der Waals surface area contributed by atoms with Gasteiger partial charge in [-0.2, -0.15) is 0 Å². The number of amides is 6. The van der Waals surface area contributed by atoms with Gasteiger partial charge in [-0.15, -0.1) is 0 Å². The number of imide groups is 2. The van der Waals surface area contributed by atoms with E-state index in [1.165, 1.54) is 4.90 Å². The number of aromatic amines is 1. The first kappa shape index (κ1) is 49.7. The number of aliphatic hydroxyl groups is 1. The third-order valence-electron chi connectivity index (χ3n) is 12.5. The maximum absolute atomic E-state index is 13.5. The summed E-state index contributed by atoms with van der Waals surface area (Å²) in [5.41, 5.74) is 0.812. The van der Waals surface area contributed by atoms with Crippen molar-refractivity contribution in [1.82, 2.24) is 20.5 Å². The van der Waals surface area contributed by atoms with Crippen molar-refractivity contribution in [2.45, 2.75) is 102 Å². The van der Waals surface area contributed by atoms with Crippen LogP contribution in [0, 0.1) is 11.6 Å².